The third-order valence-electron chi connectivity index (χ3n) is 5.78. The summed E-state index contributed by atoms with van der Waals surface area (Å²) < 4.78 is 1.88. The van der Waals surface area contributed by atoms with Gasteiger partial charge in [-0.05, 0) is 49.2 Å². The molecular formula is C25H23N5O2. The molecule has 32 heavy (non-hydrogen) atoms. The van der Waals surface area contributed by atoms with Gasteiger partial charge in [0.1, 0.15) is 6.04 Å². The summed E-state index contributed by atoms with van der Waals surface area (Å²) in [5.41, 5.74) is 5.42. The Kier molecular flexibility index (Phi) is 4.93. The maximum atomic E-state index is 13.4. The largest absolute Gasteiger partial charge is 0.326 e. The molecule has 3 heterocycles. The molecule has 2 aromatic carbocycles. The van der Waals surface area contributed by atoms with Crippen LogP contribution in [-0.4, -0.2) is 26.3 Å². The molecule has 0 saturated carbocycles. The first-order valence-corrected chi connectivity index (χ1v) is 10.6. The van der Waals surface area contributed by atoms with Gasteiger partial charge in [-0.2, -0.15) is 0 Å². The highest BCUT2D eigenvalue weighted by Crippen LogP contribution is 2.37. The number of pyridine rings is 1. The number of aryl methyl sites for hydroxylation is 2. The van der Waals surface area contributed by atoms with Crippen molar-refractivity contribution < 1.29 is 9.59 Å². The summed E-state index contributed by atoms with van der Waals surface area (Å²) in [5.74, 6) is 0.213. The van der Waals surface area contributed by atoms with Crippen LogP contribution in [0.4, 0.5) is 11.6 Å². The van der Waals surface area contributed by atoms with Crippen LogP contribution in [0, 0.1) is 13.8 Å². The quantitative estimate of drug-likeness (QED) is 0.521. The molecule has 1 aliphatic rings. The number of rotatable bonds is 5. The van der Waals surface area contributed by atoms with E-state index in [-0.39, 0.29) is 18.2 Å². The Morgan fingerprint density at radius 2 is 1.94 bits per heavy atom. The van der Waals surface area contributed by atoms with Crippen molar-refractivity contribution in [3.63, 3.8) is 0 Å². The average molecular weight is 425 g/mol. The van der Waals surface area contributed by atoms with Crippen LogP contribution in [0.2, 0.25) is 0 Å². The lowest BCUT2D eigenvalue weighted by Crippen LogP contribution is -2.31. The molecule has 1 N–H and O–H groups in total. The normalized spacial score (nSPS) is 15.2. The fraction of sp³-hybridized carbons (Fsp3) is 0.200. The van der Waals surface area contributed by atoms with Gasteiger partial charge in [-0.3, -0.25) is 24.0 Å². The highest BCUT2D eigenvalue weighted by Gasteiger charge is 2.40. The van der Waals surface area contributed by atoms with Gasteiger partial charge in [-0.15, -0.1) is 0 Å². The molecule has 0 bridgehead atoms. The SMILES string of the molecule is Cc1ccc(NC(=O)CC2C(=O)N(Cc3cccnc3)c3nc4ccccc4n32)c(C)c1. The van der Waals surface area contributed by atoms with Crippen LogP contribution in [0.3, 0.4) is 0 Å². The van der Waals surface area contributed by atoms with E-state index in [1.54, 1.807) is 17.3 Å². The minimum Gasteiger partial charge on any atom is -0.326 e. The van der Waals surface area contributed by atoms with Gasteiger partial charge < -0.3 is 5.32 Å². The van der Waals surface area contributed by atoms with Crippen LogP contribution < -0.4 is 10.2 Å². The zero-order valence-electron chi connectivity index (χ0n) is 17.9. The van der Waals surface area contributed by atoms with Crippen LogP contribution in [-0.2, 0) is 16.1 Å². The third-order valence-corrected chi connectivity index (χ3v) is 5.78. The molecule has 1 aliphatic heterocycles. The molecule has 7 nitrogen and oxygen atoms in total. The van der Waals surface area contributed by atoms with E-state index >= 15 is 0 Å². The van der Waals surface area contributed by atoms with Crippen molar-refractivity contribution >= 4 is 34.5 Å². The Hall–Kier alpha value is -4.00. The third kappa shape index (κ3) is 3.51. The molecule has 1 unspecified atom stereocenters. The molecule has 0 fully saturated rings. The fourth-order valence-corrected chi connectivity index (χ4v) is 4.25. The smallest absolute Gasteiger partial charge is 0.253 e. The van der Waals surface area contributed by atoms with E-state index in [0.717, 1.165) is 33.4 Å². The Bertz CT molecular complexity index is 1330. The molecule has 1 atom stereocenters. The number of carbonyl (C=O) groups is 2. The molecule has 0 aliphatic carbocycles. The first kappa shape index (κ1) is 19.9. The zero-order chi connectivity index (χ0) is 22.2. The summed E-state index contributed by atoms with van der Waals surface area (Å²) in [6, 6.07) is 16.7. The van der Waals surface area contributed by atoms with Crippen LogP contribution in [0.15, 0.2) is 67.0 Å². The second-order valence-electron chi connectivity index (χ2n) is 8.14. The first-order chi connectivity index (χ1) is 15.5. The van der Waals surface area contributed by atoms with E-state index < -0.39 is 6.04 Å². The summed E-state index contributed by atoms with van der Waals surface area (Å²) in [5, 5.41) is 2.97. The Labute approximate surface area is 185 Å². The van der Waals surface area contributed by atoms with Gasteiger partial charge in [0.15, 0.2) is 0 Å². The number of nitrogens with zero attached hydrogens (tertiary/aromatic N) is 4. The summed E-state index contributed by atoms with van der Waals surface area (Å²) >= 11 is 0. The number of nitrogens with one attached hydrogen (secondary N) is 1. The molecule has 2 amide bonds. The van der Waals surface area contributed by atoms with Gasteiger partial charge in [0.25, 0.3) is 5.91 Å². The van der Waals surface area contributed by atoms with Gasteiger partial charge in [-0.1, -0.05) is 35.9 Å². The van der Waals surface area contributed by atoms with E-state index in [1.807, 2.05) is 73.0 Å². The zero-order valence-corrected chi connectivity index (χ0v) is 17.9. The van der Waals surface area contributed by atoms with Crippen molar-refractivity contribution in [1.82, 2.24) is 14.5 Å². The van der Waals surface area contributed by atoms with E-state index in [0.29, 0.717) is 12.5 Å². The number of carbonyl (C=O) groups excluding carboxylic acids is 2. The van der Waals surface area contributed by atoms with Gasteiger partial charge in [-0.25, -0.2) is 4.98 Å². The number of hydrogen-bond acceptors (Lipinski definition) is 4. The number of anilines is 2. The lowest BCUT2D eigenvalue weighted by atomic mass is 10.1. The Morgan fingerprint density at radius 3 is 2.72 bits per heavy atom. The Morgan fingerprint density at radius 1 is 1.09 bits per heavy atom. The first-order valence-electron chi connectivity index (χ1n) is 10.6. The standard InChI is InChI=1S/C25H23N5O2/c1-16-9-10-19(17(2)12-16)27-23(31)13-22-24(32)29(15-18-6-5-11-26-14-18)25-28-20-7-3-4-8-21(20)30(22)25/h3-12,14,22H,13,15H2,1-2H3,(H,27,31). The number of hydrogen-bond donors (Lipinski definition) is 1. The molecule has 4 aromatic rings. The highest BCUT2D eigenvalue weighted by atomic mass is 16.2. The number of fused-ring (bicyclic) bond motifs is 3. The molecular weight excluding hydrogens is 402 g/mol. The topological polar surface area (TPSA) is 80.1 Å². The monoisotopic (exact) mass is 425 g/mol. The molecule has 0 radical (unpaired) electrons. The van der Waals surface area contributed by atoms with Crippen molar-refractivity contribution in [1.29, 1.82) is 0 Å². The van der Waals surface area contributed by atoms with E-state index in [4.69, 9.17) is 4.98 Å². The number of benzene rings is 2. The van der Waals surface area contributed by atoms with Gasteiger partial charge in [0.05, 0.1) is 24.0 Å². The van der Waals surface area contributed by atoms with Crippen molar-refractivity contribution in [3.05, 3.63) is 83.7 Å². The molecule has 160 valence electrons. The number of amides is 2. The predicted octanol–water partition coefficient (Wildman–Crippen LogP) is 4.16. The minimum absolute atomic E-state index is 0.0308. The second kappa shape index (κ2) is 7.92. The summed E-state index contributed by atoms with van der Waals surface area (Å²) in [6.45, 7) is 4.32. The van der Waals surface area contributed by atoms with Crippen LogP contribution >= 0.6 is 0 Å². The summed E-state index contributed by atoms with van der Waals surface area (Å²) in [4.78, 5) is 36.9. The van der Waals surface area contributed by atoms with Gasteiger partial charge >= 0.3 is 0 Å². The van der Waals surface area contributed by atoms with E-state index in [9.17, 15) is 9.59 Å². The van der Waals surface area contributed by atoms with E-state index in [1.165, 1.54) is 0 Å². The van der Waals surface area contributed by atoms with Crippen molar-refractivity contribution in [2.45, 2.75) is 32.9 Å². The maximum Gasteiger partial charge on any atom is 0.253 e. The average Bonchev–Trinajstić information content (AvgIpc) is 3.27. The van der Waals surface area contributed by atoms with Crippen molar-refractivity contribution in [2.75, 3.05) is 10.2 Å². The Balaban J connectivity index is 1.47. The van der Waals surface area contributed by atoms with Crippen molar-refractivity contribution in [2.24, 2.45) is 0 Å². The van der Waals surface area contributed by atoms with Crippen LogP contribution in [0.5, 0.6) is 0 Å². The second-order valence-corrected chi connectivity index (χ2v) is 8.14. The molecule has 0 spiro atoms. The predicted molar refractivity (Wildman–Crippen MR) is 123 cm³/mol. The number of para-hydroxylation sites is 2. The highest BCUT2D eigenvalue weighted by molar-refractivity contribution is 6.05. The molecule has 7 heteroatoms. The maximum absolute atomic E-state index is 13.4. The summed E-state index contributed by atoms with van der Waals surface area (Å²) in [7, 11) is 0. The van der Waals surface area contributed by atoms with Crippen LogP contribution in [0.1, 0.15) is 29.2 Å². The lowest BCUT2D eigenvalue weighted by molar-refractivity contribution is -0.124. The molecule has 5 rings (SSSR count). The number of aromatic nitrogens is 3. The van der Waals surface area contributed by atoms with Crippen molar-refractivity contribution in [3.8, 4) is 0 Å². The number of imidazole rings is 1. The molecule has 0 saturated heterocycles. The lowest BCUT2D eigenvalue weighted by Gasteiger charge is -2.16. The molecule has 2 aromatic heterocycles. The van der Waals surface area contributed by atoms with Gasteiger partial charge in [0, 0.05) is 18.1 Å². The minimum atomic E-state index is -0.653. The fourth-order valence-electron chi connectivity index (χ4n) is 4.25. The van der Waals surface area contributed by atoms with Gasteiger partial charge in [0.2, 0.25) is 11.9 Å². The summed E-state index contributed by atoms with van der Waals surface area (Å²) in [6.07, 6.45) is 3.47. The van der Waals surface area contributed by atoms with Crippen LogP contribution in [0.25, 0.3) is 11.0 Å². The van der Waals surface area contributed by atoms with E-state index in [2.05, 4.69) is 10.3 Å².